The number of amides is 2. The highest BCUT2D eigenvalue weighted by Gasteiger charge is 2.10. The van der Waals surface area contributed by atoms with Crippen LogP contribution in [0.2, 0.25) is 0 Å². The van der Waals surface area contributed by atoms with E-state index in [-0.39, 0.29) is 12.2 Å². The van der Waals surface area contributed by atoms with E-state index in [9.17, 15) is 9.59 Å². The Hall–Kier alpha value is -1.46. The molecule has 0 saturated carbocycles. The van der Waals surface area contributed by atoms with Crippen LogP contribution in [0.4, 0.5) is 9.59 Å². The molecule has 138 valence electrons. The van der Waals surface area contributed by atoms with Crippen molar-refractivity contribution < 1.29 is 19.1 Å². The number of ether oxygens (including phenoxy) is 2. The number of unbranched alkanes of at least 4 members (excludes halogenated alkanes) is 1. The first-order valence-corrected chi connectivity index (χ1v) is 8.76. The highest BCUT2D eigenvalue weighted by molar-refractivity contribution is 5.67. The summed E-state index contributed by atoms with van der Waals surface area (Å²) >= 11 is 0. The van der Waals surface area contributed by atoms with E-state index in [1.807, 2.05) is 27.7 Å². The fraction of sp³-hybridized carbons (Fsp3) is 0.882. The van der Waals surface area contributed by atoms with Crippen LogP contribution >= 0.6 is 0 Å². The SMILES string of the molecule is CCCCOC(=O)N(CC)CC.CCCN(CCC)C(=O)OC. The number of methoxy groups -OCH3 is 1. The number of carbonyl (C=O) groups is 2. The van der Waals surface area contributed by atoms with Gasteiger partial charge in [-0.25, -0.2) is 9.59 Å². The van der Waals surface area contributed by atoms with E-state index in [4.69, 9.17) is 4.74 Å². The molecule has 0 aromatic heterocycles. The second-order valence-corrected chi connectivity index (χ2v) is 5.10. The number of hydrogen-bond donors (Lipinski definition) is 0. The summed E-state index contributed by atoms with van der Waals surface area (Å²) in [5, 5.41) is 0. The quantitative estimate of drug-likeness (QED) is 0.595. The lowest BCUT2D eigenvalue weighted by Gasteiger charge is -2.19. The third kappa shape index (κ3) is 12.7. The summed E-state index contributed by atoms with van der Waals surface area (Å²) in [7, 11) is 1.42. The Morgan fingerprint density at radius 1 is 0.783 bits per heavy atom. The van der Waals surface area contributed by atoms with Gasteiger partial charge in [-0.1, -0.05) is 27.2 Å². The topological polar surface area (TPSA) is 59.1 Å². The Labute approximate surface area is 142 Å². The van der Waals surface area contributed by atoms with Crippen molar-refractivity contribution in [1.82, 2.24) is 9.80 Å². The fourth-order valence-electron chi connectivity index (χ4n) is 1.84. The Morgan fingerprint density at radius 2 is 1.30 bits per heavy atom. The molecule has 0 heterocycles. The van der Waals surface area contributed by atoms with Gasteiger partial charge < -0.3 is 19.3 Å². The predicted octanol–water partition coefficient (Wildman–Crippen LogP) is 4.14. The molecule has 0 bridgehead atoms. The third-order valence-corrected chi connectivity index (χ3v) is 3.16. The van der Waals surface area contributed by atoms with Crippen molar-refractivity contribution in [2.24, 2.45) is 0 Å². The molecular weight excluding hydrogens is 296 g/mol. The highest BCUT2D eigenvalue weighted by Crippen LogP contribution is 1.97. The van der Waals surface area contributed by atoms with Gasteiger partial charge in [-0.2, -0.15) is 0 Å². The van der Waals surface area contributed by atoms with Crippen molar-refractivity contribution in [3.8, 4) is 0 Å². The van der Waals surface area contributed by atoms with Gasteiger partial charge in [0.2, 0.25) is 0 Å². The normalized spacial score (nSPS) is 9.48. The lowest BCUT2D eigenvalue weighted by atomic mass is 10.4. The van der Waals surface area contributed by atoms with Crippen molar-refractivity contribution in [1.29, 1.82) is 0 Å². The molecule has 0 N–H and O–H groups in total. The smallest absolute Gasteiger partial charge is 0.409 e. The molecule has 0 radical (unpaired) electrons. The van der Waals surface area contributed by atoms with Crippen LogP contribution in [0, 0.1) is 0 Å². The van der Waals surface area contributed by atoms with Crippen LogP contribution in [-0.2, 0) is 9.47 Å². The van der Waals surface area contributed by atoms with Gasteiger partial charge in [0.05, 0.1) is 13.7 Å². The Balaban J connectivity index is 0. The van der Waals surface area contributed by atoms with Crippen LogP contribution in [-0.4, -0.2) is 61.9 Å². The van der Waals surface area contributed by atoms with E-state index in [0.717, 1.165) is 51.9 Å². The summed E-state index contributed by atoms with van der Waals surface area (Å²) in [5.41, 5.74) is 0. The molecule has 0 spiro atoms. The average molecular weight is 332 g/mol. The van der Waals surface area contributed by atoms with Crippen LogP contribution in [0.25, 0.3) is 0 Å². The van der Waals surface area contributed by atoms with Gasteiger partial charge in [-0.15, -0.1) is 0 Å². The fourth-order valence-corrected chi connectivity index (χ4v) is 1.84. The van der Waals surface area contributed by atoms with Gasteiger partial charge in [-0.05, 0) is 33.1 Å². The number of carbonyl (C=O) groups excluding carboxylic acids is 2. The first-order chi connectivity index (χ1) is 11.0. The van der Waals surface area contributed by atoms with Crippen LogP contribution in [0.3, 0.4) is 0 Å². The zero-order chi connectivity index (χ0) is 18.1. The lowest BCUT2D eigenvalue weighted by molar-refractivity contribution is 0.105. The second-order valence-electron chi connectivity index (χ2n) is 5.10. The van der Waals surface area contributed by atoms with Crippen molar-refractivity contribution in [3.05, 3.63) is 0 Å². The Morgan fingerprint density at radius 3 is 1.65 bits per heavy atom. The molecule has 0 aromatic carbocycles. The summed E-state index contributed by atoms with van der Waals surface area (Å²) in [5.74, 6) is 0. The maximum absolute atomic E-state index is 11.2. The second kappa shape index (κ2) is 16.9. The van der Waals surface area contributed by atoms with Crippen molar-refractivity contribution in [2.45, 2.75) is 60.3 Å². The van der Waals surface area contributed by atoms with Gasteiger partial charge in [0, 0.05) is 26.2 Å². The molecule has 6 heteroatoms. The molecule has 0 rings (SSSR count). The monoisotopic (exact) mass is 332 g/mol. The largest absolute Gasteiger partial charge is 0.453 e. The molecular formula is C17H36N2O4. The maximum Gasteiger partial charge on any atom is 0.409 e. The zero-order valence-electron chi connectivity index (χ0n) is 15.9. The molecule has 0 atom stereocenters. The van der Waals surface area contributed by atoms with Crippen LogP contribution < -0.4 is 0 Å². The minimum atomic E-state index is -0.214. The van der Waals surface area contributed by atoms with E-state index < -0.39 is 0 Å². The van der Waals surface area contributed by atoms with Crippen LogP contribution in [0.15, 0.2) is 0 Å². The minimum absolute atomic E-state index is 0.187. The van der Waals surface area contributed by atoms with E-state index in [1.54, 1.807) is 9.80 Å². The first-order valence-electron chi connectivity index (χ1n) is 8.76. The molecule has 6 nitrogen and oxygen atoms in total. The third-order valence-electron chi connectivity index (χ3n) is 3.16. The molecule has 0 aliphatic heterocycles. The average Bonchev–Trinajstić information content (AvgIpc) is 2.56. The van der Waals surface area contributed by atoms with E-state index >= 15 is 0 Å². The van der Waals surface area contributed by atoms with Crippen molar-refractivity contribution >= 4 is 12.2 Å². The number of hydrogen-bond acceptors (Lipinski definition) is 4. The molecule has 0 aliphatic rings. The standard InChI is InChI=1S/C9H19NO2.C8H17NO2/c1-4-7-8-12-9(11)10(5-2)6-3;1-4-6-9(7-5-2)8(10)11-3/h4-8H2,1-3H3;4-7H2,1-3H3. The molecule has 23 heavy (non-hydrogen) atoms. The summed E-state index contributed by atoms with van der Waals surface area (Å²) < 4.78 is 9.62. The van der Waals surface area contributed by atoms with E-state index in [0.29, 0.717) is 6.61 Å². The van der Waals surface area contributed by atoms with E-state index in [2.05, 4.69) is 11.7 Å². The molecule has 0 unspecified atom stereocenters. The van der Waals surface area contributed by atoms with Gasteiger partial charge in [-0.3, -0.25) is 0 Å². The molecule has 2 amide bonds. The van der Waals surface area contributed by atoms with Gasteiger partial charge in [0.25, 0.3) is 0 Å². The van der Waals surface area contributed by atoms with Crippen LogP contribution in [0.5, 0.6) is 0 Å². The maximum atomic E-state index is 11.2. The summed E-state index contributed by atoms with van der Waals surface area (Å²) in [6.07, 6.45) is 3.57. The number of nitrogens with zero attached hydrogens (tertiary/aromatic N) is 2. The number of rotatable bonds is 9. The van der Waals surface area contributed by atoms with Crippen LogP contribution in [0.1, 0.15) is 60.3 Å². The van der Waals surface area contributed by atoms with Gasteiger partial charge in [0.15, 0.2) is 0 Å². The summed E-state index contributed by atoms with van der Waals surface area (Å²) in [4.78, 5) is 25.6. The molecule has 0 aromatic rings. The first kappa shape index (κ1) is 23.8. The summed E-state index contributed by atoms with van der Waals surface area (Å²) in [6.45, 7) is 13.6. The molecule has 0 saturated heterocycles. The van der Waals surface area contributed by atoms with Crippen molar-refractivity contribution in [2.75, 3.05) is 39.9 Å². The lowest BCUT2D eigenvalue weighted by Crippen LogP contribution is -2.32. The van der Waals surface area contributed by atoms with Gasteiger partial charge >= 0.3 is 12.2 Å². The zero-order valence-corrected chi connectivity index (χ0v) is 15.9. The van der Waals surface area contributed by atoms with E-state index in [1.165, 1.54) is 7.11 Å². The summed E-state index contributed by atoms with van der Waals surface area (Å²) in [6, 6.07) is 0. The highest BCUT2D eigenvalue weighted by atomic mass is 16.6. The predicted molar refractivity (Wildman–Crippen MR) is 93.7 cm³/mol. The molecule has 0 fully saturated rings. The van der Waals surface area contributed by atoms with Gasteiger partial charge in [0.1, 0.15) is 0 Å². The molecule has 0 aliphatic carbocycles. The Kier molecular flexibility index (Phi) is 17.5. The van der Waals surface area contributed by atoms with Crippen molar-refractivity contribution in [3.63, 3.8) is 0 Å². The minimum Gasteiger partial charge on any atom is -0.453 e. The Bertz CT molecular complexity index is 288.